The molecule has 3 rings (SSSR count). The Hall–Kier alpha value is -2.58. The van der Waals surface area contributed by atoms with Gasteiger partial charge in [-0.3, -0.25) is 4.79 Å². The average Bonchev–Trinajstić information content (AvgIpc) is 3.47. The molecule has 2 N–H and O–H groups in total. The number of carbonyl (C=O) groups is 2. The van der Waals surface area contributed by atoms with Crippen LogP contribution in [0, 0.1) is 0 Å². The van der Waals surface area contributed by atoms with Gasteiger partial charge in [-0.2, -0.15) is 0 Å². The van der Waals surface area contributed by atoms with Gasteiger partial charge in [-0.25, -0.2) is 4.79 Å². The summed E-state index contributed by atoms with van der Waals surface area (Å²) in [5, 5.41) is 7.71. The number of nitrogens with zero attached hydrogens (tertiary/aromatic N) is 2. The number of unbranched alkanes of at least 4 members (excludes halogenated alkanes) is 1. The van der Waals surface area contributed by atoms with Gasteiger partial charge in [-0.1, -0.05) is 19.4 Å². The molecule has 2 aromatic rings. The van der Waals surface area contributed by atoms with Crippen LogP contribution in [0.1, 0.15) is 47.8 Å². The predicted octanol–water partition coefficient (Wildman–Crippen LogP) is 4.56. The molecule has 1 atom stereocenters. The molecule has 32 heavy (non-hydrogen) atoms. The molecule has 2 heterocycles. The van der Waals surface area contributed by atoms with Crippen LogP contribution in [0.3, 0.4) is 0 Å². The minimum atomic E-state index is -0.215. The molecule has 1 aromatic carbocycles. The molecule has 1 fully saturated rings. The first-order valence-corrected chi connectivity index (χ1v) is 12.2. The fourth-order valence-electron chi connectivity index (χ4n) is 3.80. The van der Waals surface area contributed by atoms with E-state index in [-0.39, 0.29) is 18.0 Å². The summed E-state index contributed by atoms with van der Waals surface area (Å²) in [5.41, 5.74) is 2.70. The van der Waals surface area contributed by atoms with Crippen molar-refractivity contribution in [2.45, 2.75) is 45.3 Å². The van der Waals surface area contributed by atoms with E-state index < -0.39 is 0 Å². The monoisotopic (exact) mass is 458 g/mol. The minimum absolute atomic E-state index is 0.0101. The molecular weight excluding hydrogens is 424 g/mol. The van der Waals surface area contributed by atoms with Crippen molar-refractivity contribution in [1.29, 1.82) is 0 Å². The van der Waals surface area contributed by atoms with Crippen LogP contribution in [0.2, 0.25) is 0 Å². The van der Waals surface area contributed by atoms with Crippen molar-refractivity contribution in [3.63, 3.8) is 0 Å². The predicted molar refractivity (Wildman–Crippen MR) is 131 cm³/mol. The number of anilines is 2. The largest absolute Gasteiger partial charge is 0.377 e. The number of nitrogens with one attached hydrogen (secondary N) is 2. The number of hydrogen-bond acceptors (Lipinski definition) is 5. The normalized spacial score (nSPS) is 15.4. The zero-order chi connectivity index (χ0) is 22.9. The van der Waals surface area contributed by atoms with E-state index in [4.69, 9.17) is 4.74 Å². The van der Waals surface area contributed by atoms with Crippen molar-refractivity contribution in [2.24, 2.45) is 0 Å². The van der Waals surface area contributed by atoms with E-state index in [0.717, 1.165) is 48.4 Å². The molecule has 1 aliphatic rings. The number of urea groups is 1. The first-order chi connectivity index (χ1) is 15.5. The van der Waals surface area contributed by atoms with Crippen molar-refractivity contribution in [2.75, 3.05) is 44.0 Å². The lowest BCUT2D eigenvalue weighted by atomic mass is 10.1. The standard InChI is InChI=1S/C24H34N4O3S/c1-4-5-12-25-24(30)26-19-10-11-21(27(2)3)18(15-19)16-28(17-20-8-6-13-31-20)23(29)22-9-7-14-32-22/h7,9-11,14-15,20H,4-6,8,12-13,16-17H2,1-3H3,(H2,25,26,30)/t20-/m0/s1. The Labute approximate surface area is 194 Å². The van der Waals surface area contributed by atoms with Crippen molar-refractivity contribution in [1.82, 2.24) is 10.2 Å². The van der Waals surface area contributed by atoms with E-state index in [2.05, 4.69) is 17.6 Å². The van der Waals surface area contributed by atoms with Crippen molar-refractivity contribution >= 4 is 34.6 Å². The van der Waals surface area contributed by atoms with Crippen LogP contribution in [0.15, 0.2) is 35.7 Å². The van der Waals surface area contributed by atoms with E-state index in [1.165, 1.54) is 11.3 Å². The molecule has 8 heteroatoms. The molecule has 3 amide bonds. The summed E-state index contributed by atoms with van der Waals surface area (Å²) < 4.78 is 5.82. The van der Waals surface area contributed by atoms with Gasteiger partial charge in [0.25, 0.3) is 5.91 Å². The van der Waals surface area contributed by atoms with Crippen LogP contribution in [-0.4, -0.2) is 56.7 Å². The third-order valence-corrected chi connectivity index (χ3v) is 6.32. The first-order valence-electron chi connectivity index (χ1n) is 11.3. The molecular formula is C24H34N4O3S. The first kappa shape index (κ1) is 24.1. The molecule has 0 radical (unpaired) electrons. The van der Waals surface area contributed by atoms with E-state index in [9.17, 15) is 9.59 Å². The fraction of sp³-hybridized carbons (Fsp3) is 0.500. The molecule has 0 unspecified atom stereocenters. The van der Waals surface area contributed by atoms with Gasteiger partial charge in [0.05, 0.1) is 11.0 Å². The van der Waals surface area contributed by atoms with Crippen LogP contribution in [0.5, 0.6) is 0 Å². The second-order valence-corrected chi connectivity index (χ2v) is 9.22. The van der Waals surface area contributed by atoms with Crippen LogP contribution >= 0.6 is 11.3 Å². The van der Waals surface area contributed by atoms with Gasteiger partial charge in [0, 0.05) is 51.7 Å². The second kappa shape index (κ2) is 11.9. The quantitative estimate of drug-likeness (QED) is 0.512. The maximum absolute atomic E-state index is 13.3. The zero-order valence-electron chi connectivity index (χ0n) is 19.2. The number of ether oxygens (including phenoxy) is 1. The van der Waals surface area contributed by atoms with Crippen LogP contribution in [0.4, 0.5) is 16.2 Å². The van der Waals surface area contributed by atoms with E-state index >= 15 is 0 Å². The topological polar surface area (TPSA) is 73.9 Å². The zero-order valence-corrected chi connectivity index (χ0v) is 20.0. The maximum Gasteiger partial charge on any atom is 0.319 e. The Morgan fingerprint density at radius 2 is 2.09 bits per heavy atom. The number of rotatable bonds is 10. The fourth-order valence-corrected chi connectivity index (χ4v) is 4.49. The summed E-state index contributed by atoms with van der Waals surface area (Å²) in [5.74, 6) is 0.0101. The molecule has 1 aliphatic heterocycles. The van der Waals surface area contributed by atoms with Crippen LogP contribution in [-0.2, 0) is 11.3 Å². The lowest BCUT2D eigenvalue weighted by Crippen LogP contribution is -2.37. The van der Waals surface area contributed by atoms with Gasteiger partial charge >= 0.3 is 6.03 Å². The van der Waals surface area contributed by atoms with Gasteiger partial charge in [-0.15, -0.1) is 11.3 Å². The van der Waals surface area contributed by atoms with E-state index in [1.807, 2.05) is 59.6 Å². The summed E-state index contributed by atoms with van der Waals surface area (Å²) in [4.78, 5) is 30.1. The van der Waals surface area contributed by atoms with Gasteiger partial charge < -0.3 is 25.2 Å². The van der Waals surface area contributed by atoms with Crippen LogP contribution < -0.4 is 15.5 Å². The lowest BCUT2D eigenvalue weighted by Gasteiger charge is -2.28. The van der Waals surface area contributed by atoms with E-state index in [1.54, 1.807) is 0 Å². The van der Waals surface area contributed by atoms with Gasteiger partial charge in [0.1, 0.15) is 0 Å². The maximum atomic E-state index is 13.3. The number of amides is 3. The summed E-state index contributed by atoms with van der Waals surface area (Å²) >= 11 is 1.45. The second-order valence-electron chi connectivity index (χ2n) is 8.27. The smallest absolute Gasteiger partial charge is 0.319 e. The Morgan fingerprint density at radius 1 is 1.25 bits per heavy atom. The van der Waals surface area contributed by atoms with E-state index in [0.29, 0.717) is 25.3 Å². The highest BCUT2D eigenvalue weighted by atomic mass is 32.1. The number of benzene rings is 1. The molecule has 0 spiro atoms. The van der Waals surface area contributed by atoms with Crippen molar-refractivity contribution in [3.8, 4) is 0 Å². The summed E-state index contributed by atoms with van der Waals surface area (Å²) in [6, 6.07) is 9.38. The van der Waals surface area contributed by atoms with Gasteiger partial charge in [0.15, 0.2) is 0 Å². The van der Waals surface area contributed by atoms with Gasteiger partial charge in [-0.05, 0) is 54.5 Å². The molecule has 0 saturated carbocycles. The Bertz CT molecular complexity index is 879. The Balaban J connectivity index is 1.80. The number of hydrogen-bond donors (Lipinski definition) is 2. The van der Waals surface area contributed by atoms with Crippen LogP contribution in [0.25, 0.3) is 0 Å². The Kier molecular flexibility index (Phi) is 8.93. The van der Waals surface area contributed by atoms with Crippen molar-refractivity contribution < 1.29 is 14.3 Å². The number of carbonyl (C=O) groups excluding carboxylic acids is 2. The van der Waals surface area contributed by atoms with Crippen molar-refractivity contribution in [3.05, 3.63) is 46.2 Å². The molecule has 174 valence electrons. The third-order valence-electron chi connectivity index (χ3n) is 5.46. The summed E-state index contributed by atoms with van der Waals surface area (Å²) in [6.45, 7) is 4.48. The SMILES string of the molecule is CCCCNC(=O)Nc1ccc(N(C)C)c(CN(C[C@@H]2CCCO2)C(=O)c2cccs2)c1. The average molecular weight is 459 g/mol. The third kappa shape index (κ3) is 6.71. The Morgan fingerprint density at radius 3 is 2.75 bits per heavy atom. The number of thiophene rings is 1. The highest BCUT2D eigenvalue weighted by Gasteiger charge is 2.25. The highest BCUT2D eigenvalue weighted by molar-refractivity contribution is 7.12. The van der Waals surface area contributed by atoms with Gasteiger partial charge in [0.2, 0.25) is 0 Å². The molecule has 0 aliphatic carbocycles. The molecule has 1 aromatic heterocycles. The molecule has 0 bridgehead atoms. The molecule has 7 nitrogen and oxygen atoms in total. The summed E-state index contributed by atoms with van der Waals surface area (Å²) in [7, 11) is 3.96. The minimum Gasteiger partial charge on any atom is -0.377 e. The lowest BCUT2D eigenvalue weighted by molar-refractivity contribution is 0.0511. The molecule has 1 saturated heterocycles. The highest BCUT2D eigenvalue weighted by Crippen LogP contribution is 2.27. The summed E-state index contributed by atoms with van der Waals surface area (Å²) in [6.07, 6.45) is 4.03.